The van der Waals surface area contributed by atoms with Crippen LogP contribution in [0.4, 0.5) is 9.52 Å². The molecule has 11 heteroatoms. The summed E-state index contributed by atoms with van der Waals surface area (Å²) < 4.78 is 18.9. The molecule has 1 heterocycles. The van der Waals surface area contributed by atoms with Gasteiger partial charge in [-0.25, -0.2) is 9.82 Å². The fraction of sp³-hybridized carbons (Fsp3) is 0.0800. The third-order valence-corrected chi connectivity index (χ3v) is 5.78. The van der Waals surface area contributed by atoms with E-state index >= 15 is 0 Å². The lowest BCUT2D eigenvalue weighted by Gasteiger charge is -2.09. The van der Waals surface area contributed by atoms with Crippen LogP contribution in [0.2, 0.25) is 5.02 Å². The van der Waals surface area contributed by atoms with Crippen LogP contribution in [0.5, 0.6) is 5.75 Å². The summed E-state index contributed by atoms with van der Waals surface area (Å²) in [5.41, 5.74) is 4.25. The van der Waals surface area contributed by atoms with Gasteiger partial charge in [0, 0.05) is 16.1 Å². The number of nitrogens with zero attached hydrogens (tertiary/aromatic N) is 3. The number of hydrazone groups is 1. The third-order valence-electron chi connectivity index (χ3n) is 4.71. The van der Waals surface area contributed by atoms with Crippen LogP contribution in [0.3, 0.4) is 0 Å². The molecular weight excluding hydrogens is 505 g/mol. The number of benzene rings is 3. The molecule has 0 radical (unpaired) electrons. The predicted octanol–water partition coefficient (Wildman–Crippen LogP) is 4.85. The second-order valence-electron chi connectivity index (χ2n) is 7.39. The largest absolute Gasteiger partial charge is 0.488 e. The second kappa shape index (κ2) is 12.0. The van der Waals surface area contributed by atoms with E-state index in [1.165, 1.54) is 18.3 Å². The molecule has 0 atom stereocenters. The number of rotatable bonds is 9. The Labute approximate surface area is 214 Å². The minimum absolute atomic E-state index is 0.0698. The van der Waals surface area contributed by atoms with E-state index in [-0.39, 0.29) is 29.9 Å². The average molecular weight is 524 g/mol. The van der Waals surface area contributed by atoms with Gasteiger partial charge in [0.15, 0.2) is 0 Å². The molecule has 4 rings (SSSR count). The van der Waals surface area contributed by atoms with E-state index in [1.54, 1.807) is 54.6 Å². The Balaban J connectivity index is 1.31. The Hall–Kier alpha value is -4.15. The van der Waals surface area contributed by atoms with E-state index in [0.717, 1.165) is 16.9 Å². The zero-order valence-corrected chi connectivity index (χ0v) is 20.2. The Bertz CT molecular complexity index is 1380. The van der Waals surface area contributed by atoms with E-state index in [0.29, 0.717) is 26.9 Å². The molecule has 0 aliphatic heterocycles. The number of nitrogens with one attached hydrogen (secondary N) is 2. The molecule has 182 valence electrons. The molecule has 8 nitrogen and oxygen atoms in total. The first-order valence-electron chi connectivity index (χ1n) is 10.6. The molecule has 0 fully saturated rings. The first kappa shape index (κ1) is 25.0. The summed E-state index contributed by atoms with van der Waals surface area (Å²) in [6, 6.07) is 19.7. The van der Waals surface area contributed by atoms with Crippen LogP contribution in [0.15, 0.2) is 77.9 Å². The number of hydrogen-bond donors (Lipinski definition) is 2. The SMILES string of the molecule is O=C(Cc1nnc(NC(=O)c2ccccc2)s1)N/N=C/c1cc(Cl)ccc1OCc1ccc(F)cc1. The fourth-order valence-electron chi connectivity index (χ4n) is 2.98. The molecule has 0 aliphatic rings. The summed E-state index contributed by atoms with van der Waals surface area (Å²) in [4.78, 5) is 24.5. The molecule has 0 aliphatic carbocycles. The van der Waals surface area contributed by atoms with Crippen molar-refractivity contribution in [3.8, 4) is 5.75 Å². The van der Waals surface area contributed by atoms with Crippen LogP contribution in [-0.2, 0) is 17.8 Å². The van der Waals surface area contributed by atoms with Gasteiger partial charge in [0.05, 0.1) is 12.6 Å². The number of halogens is 2. The lowest BCUT2D eigenvalue weighted by Crippen LogP contribution is -2.19. The number of carbonyl (C=O) groups excluding carboxylic acids is 2. The number of anilines is 1. The normalized spacial score (nSPS) is 10.8. The molecule has 36 heavy (non-hydrogen) atoms. The van der Waals surface area contributed by atoms with Crippen molar-refractivity contribution in [3.63, 3.8) is 0 Å². The van der Waals surface area contributed by atoms with Crippen LogP contribution in [0, 0.1) is 5.82 Å². The van der Waals surface area contributed by atoms with Crippen molar-refractivity contribution in [1.82, 2.24) is 15.6 Å². The maximum Gasteiger partial charge on any atom is 0.257 e. The summed E-state index contributed by atoms with van der Waals surface area (Å²) in [5, 5.41) is 15.6. The van der Waals surface area contributed by atoms with Crippen molar-refractivity contribution in [1.29, 1.82) is 0 Å². The first-order valence-corrected chi connectivity index (χ1v) is 11.8. The molecule has 1 aromatic heterocycles. The van der Waals surface area contributed by atoms with Crippen molar-refractivity contribution >= 4 is 46.1 Å². The lowest BCUT2D eigenvalue weighted by atomic mass is 10.2. The van der Waals surface area contributed by atoms with E-state index in [9.17, 15) is 14.0 Å². The molecular formula is C25H19ClFN5O3S. The smallest absolute Gasteiger partial charge is 0.257 e. The second-order valence-corrected chi connectivity index (χ2v) is 8.89. The molecule has 0 spiro atoms. The molecule has 2 N–H and O–H groups in total. The molecule has 0 unspecified atom stereocenters. The van der Waals surface area contributed by atoms with Gasteiger partial charge in [-0.15, -0.1) is 10.2 Å². The number of carbonyl (C=O) groups is 2. The summed E-state index contributed by atoms with van der Waals surface area (Å²) in [7, 11) is 0. The highest BCUT2D eigenvalue weighted by Crippen LogP contribution is 2.23. The Kier molecular flexibility index (Phi) is 8.32. The lowest BCUT2D eigenvalue weighted by molar-refractivity contribution is -0.120. The minimum atomic E-state index is -0.417. The zero-order chi connectivity index (χ0) is 25.3. The van der Waals surface area contributed by atoms with Crippen molar-refractivity contribution < 1.29 is 18.7 Å². The van der Waals surface area contributed by atoms with Gasteiger partial charge in [-0.05, 0) is 48.0 Å². The van der Waals surface area contributed by atoms with E-state index in [2.05, 4.69) is 26.0 Å². The number of aromatic nitrogens is 2. The Morgan fingerprint density at radius 1 is 1.06 bits per heavy atom. The van der Waals surface area contributed by atoms with Crippen LogP contribution in [0.25, 0.3) is 0 Å². The van der Waals surface area contributed by atoms with Crippen molar-refractivity contribution in [2.24, 2.45) is 5.10 Å². The molecule has 2 amide bonds. The molecule has 0 bridgehead atoms. The quantitative estimate of drug-likeness (QED) is 0.241. The molecule has 4 aromatic rings. The fourth-order valence-corrected chi connectivity index (χ4v) is 3.89. The van der Waals surface area contributed by atoms with Gasteiger partial charge in [0.25, 0.3) is 5.91 Å². The third kappa shape index (κ3) is 7.17. The average Bonchev–Trinajstić information content (AvgIpc) is 3.31. The maximum absolute atomic E-state index is 13.1. The van der Waals surface area contributed by atoms with Crippen molar-refractivity contribution in [3.05, 3.63) is 105 Å². The topological polar surface area (TPSA) is 106 Å². The van der Waals surface area contributed by atoms with Crippen LogP contribution < -0.4 is 15.5 Å². The van der Waals surface area contributed by atoms with Gasteiger partial charge in [0.2, 0.25) is 11.0 Å². The van der Waals surface area contributed by atoms with Gasteiger partial charge >= 0.3 is 0 Å². The van der Waals surface area contributed by atoms with Crippen molar-refractivity contribution in [2.75, 3.05) is 5.32 Å². The summed E-state index contributed by atoms with van der Waals surface area (Å²) >= 11 is 7.18. The summed E-state index contributed by atoms with van der Waals surface area (Å²) in [6.07, 6.45) is 1.34. The van der Waals surface area contributed by atoms with Crippen LogP contribution in [0.1, 0.15) is 26.5 Å². The summed E-state index contributed by atoms with van der Waals surface area (Å²) in [5.74, 6) is -0.564. The van der Waals surface area contributed by atoms with Gasteiger partial charge in [-0.1, -0.05) is 53.3 Å². The van der Waals surface area contributed by atoms with Gasteiger partial charge in [-0.3, -0.25) is 14.9 Å². The highest BCUT2D eigenvalue weighted by atomic mass is 35.5. The van der Waals surface area contributed by atoms with Gasteiger partial charge in [-0.2, -0.15) is 5.10 Å². The van der Waals surface area contributed by atoms with Crippen molar-refractivity contribution in [2.45, 2.75) is 13.0 Å². The van der Waals surface area contributed by atoms with E-state index < -0.39 is 5.91 Å². The Morgan fingerprint density at radius 2 is 1.83 bits per heavy atom. The predicted molar refractivity (Wildman–Crippen MR) is 136 cm³/mol. The van der Waals surface area contributed by atoms with Gasteiger partial charge in [0.1, 0.15) is 23.2 Å². The molecule has 0 saturated heterocycles. The highest BCUT2D eigenvalue weighted by Gasteiger charge is 2.12. The maximum atomic E-state index is 13.1. The summed E-state index contributed by atoms with van der Waals surface area (Å²) in [6.45, 7) is 0.218. The number of hydrogen-bond acceptors (Lipinski definition) is 7. The zero-order valence-electron chi connectivity index (χ0n) is 18.7. The minimum Gasteiger partial charge on any atom is -0.488 e. The van der Waals surface area contributed by atoms with E-state index in [1.807, 2.05) is 6.07 Å². The van der Waals surface area contributed by atoms with Crippen LogP contribution >= 0.6 is 22.9 Å². The number of amides is 2. The monoisotopic (exact) mass is 523 g/mol. The van der Waals surface area contributed by atoms with Crippen LogP contribution in [-0.4, -0.2) is 28.2 Å². The molecule has 0 saturated carbocycles. The molecule has 3 aromatic carbocycles. The first-order chi connectivity index (χ1) is 17.5. The number of ether oxygens (including phenoxy) is 1. The highest BCUT2D eigenvalue weighted by molar-refractivity contribution is 7.15. The Morgan fingerprint density at radius 3 is 2.61 bits per heavy atom. The van der Waals surface area contributed by atoms with Gasteiger partial charge < -0.3 is 4.74 Å². The standard InChI is InChI=1S/C25H19ClFN5O3S/c26-19-8-11-21(35-15-16-6-9-20(27)10-7-16)18(12-19)14-28-30-22(33)13-23-31-32-25(36-23)29-24(34)17-4-2-1-3-5-17/h1-12,14H,13,15H2,(H,30,33)(H,29,32,34)/b28-14+. The van der Waals surface area contributed by atoms with E-state index in [4.69, 9.17) is 16.3 Å².